The molecule has 17 heavy (non-hydrogen) atoms. The Balaban J connectivity index is 2.00. The van der Waals surface area contributed by atoms with Gasteiger partial charge in [-0.25, -0.2) is 12.8 Å². The molecule has 0 bridgehead atoms. The van der Waals surface area contributed by atoms with E-state index in [4.69, 9.17) is 0 Å². The van der Waals surface area contributed by atoms with Gasteiger partial charge in [-0.3, -0.25) is 0 Å². The van der Waals surface area contributed by atoms with Crippen LogP contribution in [0.15, 0.2) is 18.2 Å². The van der Waals surface area contributed by atoms with Crippen LogP contribution in [0.2, 0.25) is 0 Å². The lowest BCUT2D eigenvalue weighted by Crippen LogP contribution is -2.32. The molecule has 5 heteroatoms. The van der Waals surface area contributed by atoms with E-state index in [-0.39, 0.29) is 23.4 Å². The Labute approximate surface area is 101 Å². The van der Waals surface area contributed by atoms with Crippen molar-refractivity contribution >= 4 is 15.5 Å². The van der Waals surface area contributed by atoms with E-state index in [9.17, 15) is 12.8 Å². The molecule has 1 aliphatic heterocycles. The molecule has 0 unspecified atom stereocenters. The summed E-state index contributed by atoms with van der Waals surface area (Å²) in [5.41, 5.74) is 1.33. The van der Waals surface area contributed by atoms with Gasteiger partial charge in [0.15, 0.2) is 0 Å². The zero-order valence-corrected chi connectivity index (χ0v) is 10.6. The maximum Gasteiger partial charge on any atom is 0.150 e. The molecule has 1 aromatic carbocycles. The monoisotopic (exact) mass is 257 g/mol. The molecule has 1 heterocycles. The summed E-state index contributed by atoms with van der Waals surface area (Å²) in [5.74, 6) is 0.205. The van der Waals surface area contributed by atoms with E-state index in [0.717, 1.165) is 5.69 Å². The third-order valence-corrected chi connectivity index (χ3v) is 4.81. The molecule has 0 aromatic heterocycles. The van der Waals surface area contributed by atoms with Crippen LogP contribution in [0.1, 0.15) is 18.4 Å². The number of anilines is 1. The van der Waals surface area contributed by atoms with E-state index in [0.29, 0.717) is 18.4 Å². The first-order chi connectivity index (χ1) is 7.96. The predicted molar refractivity (Wildman–Crippen MR) is 66.4 cm³/mol. The zero-order valence-electron chi connectivity index (χ0n) is 9.74. The van der Waals surface area contributed by atoms with Crippen LogP contribution < -0.4 is 5.32 Å². The summed E-state index contributed by atoms with van der Waals surface area (Å²) in [6, 6.07) is 5.12. The highest BCUT2D eigenvalue weighted by Crippen LogP contribution is 2.19. The summed E-state index contributed by atoms with van der Waals surface area (Å²) in [6.45, 7) is 1.71. The van der Waals surface area contributed by atoms with Gasteiger partial charge in [-0.15, -0.1) is 0 Å². The number of halogens is 1. The lowest BCUT2D eigenvalue weighted by atomic mass is 10.1. The second-order valence-corrected chi connectivity index (χ2v) is 6.84. The molecule has 1 fully saturated rings. The molecule has 1 N–H and O–H groups in total. The second-order valence-electron chi connectivity index (χ2n) is 4.53. The Bertz CT molecular complexity index is 499. The highest BCUT2D eigenvalue weighted by atomic mass is 32.2. The van der Waals surface area contributed by atoms with Crippen LogP contribution in [0.25, 0.3) is 0 Å². The minimum Gasteiger partial charge on any atom is -0.382 e. The van der Waals surface area contributed by atoms with Crippen molar-refractivity contribution in [2.45, 2.75) is 25.8 Å². The highest BCUT2D eigenvalue weighted by Gasteiger charge is 2.23. The predicted octanol–water partition coefficient (Wildman–Crippen LogP) is 2.12. The lowest BCUT2D eigenvalue weighted by molar-refractivity contribution is 0.559. The first-order valence-electron chi connectivity index (χ1n) is 5.69. The van der Waals surface area contributed by atoms with Crippen LogP contribution in [0.3, 0.4) is 0 Å². The number of rotatable bonds is 2. The van der Waals surface area contributed by atoms with Crippen molar-refractivity contribution in [2.75, 3.05) is 16.8 Å². The molecule has 0 spiro atoms. The molecular weight excluding hydrogens is 241 g/mol. The summed E-state index contributed by atoms with van der Waals surface area (Å²) >= 11 is 0. The van der Waals surface area contributed by atoms with Crippen LogP contribution >= 0.6 is 0 Å². The van der Waals surface area contributed by atoms with Gasteiger partial charge < -0.3 is 5.32 Å². The normalized spacial score (nSPS) is 20.1. The van der Waals surface area contributed by atoms with E-state index in [1.807, 2.05) is 6.07 Å². The van der Waals surface area contributed by atoms with Gasteiger partial charge in [0.25, 0.3) is 0 Å². The van der Waals surface area contributed by atoms with Crippen molar-refractivity contribution in [1.29, 1.82) is 0 Å². The maximum absolute atomic E-state index is 13.3. The van der Waals surface area contributed by atoms with Gasteiger partial charge in [-0.1, -0.05) is 6.07 Å². The van der Waals surface area contributed by atoms with E-state index in [1.165, 1.54) is 6.07 Å². The quantitative estimate of drug-likeness (QED) is 0.882. The molecule has 0 atom stereocenters. The fourth-order valence-electron chi connectivity index (χ4n) is 1.95. The Kier molecular flexibility index (Phi) is 3.38. The van der Waals surface area contributed by atoms with Crippen molar-refractivity contribution in [2.24, 2.45) is 0 Å². The van der Waals surface area contributed by atoms with Crippen molar-refractivity contribution in [3.05, 3.63) is 29.6 Å². The van der Waals surface area contributed by atoms with Crippen LogP contribution in [-0.2, 0) is 9.84 Å². The fraction of sp³-hybridized carbons (Fsp3) is 0.500. The van der Waals surface area contributed by atoms with Crippen LogP contribution in [0.5, 0.6) is 0 Å². The van der Waals surface area contributed by atoms with Crippen molar-refractivity contribution in [1.82, 2.24) is 0 Å². The van der Waals surface area contributed by atoms with Gasteiger partial charge in [-0.2, -0.15) is 0 Å². The average molecular weight is 257 g/mol. The Morgan fingerprint density at radius 2 is 1.94 bits per heavy atom. The molecule has 0 saturated carbocycles. The molecule has 1 saturated heterocycles. The number of sulfone groups is 1. The lowest BCUT2D eigenvalue weighted by Gasteiger charge is -2.24. The van der Waals surface area contributed by atoms with Gasteiger partial charge >= 0.3 is 0 Å². The number of aryl methyl sites for hydroxylation is 1. The molecule has 0 aliphatic carbocycles. The maximum atomic E-state index is 13.3. The number of nitrogens with one attached hydrogen (secondary N) is 1. The Morgan fingerprint density at radius 3 is 2.53 bits per heavy atom. The summed E-state index contributed by atoms with van der Waals surface area (Å²) < 4.78 is 35.8. The minimum atomic E-state index is -2.84. The Morgan fingerprint density at radius 1 is 1.29 bits per heavy atom. The number of benzene rings is 1. The molecule has 1 aliphatic rings. The summed E-state index contributed by atoms with van der Waals surface area (Å²) in [7, 11) is -2.84. The van der Waals surface area contributed by atoms with E-state index >= 15 is 0 Å². The van der Waals surface area contributed by atoms with Crippen molar-refractivity contribution in [3.8, 4) is 0 Å². The second kappa shape index (κ2) is 4.64. The molecule has 3 nitrogen and oxygen atoms in total. The van der Waals surface area contributed by atoms with Gasteiger partial charge in [0.05, 0.1) is 11.5 Å². The van der Waals surface area contributed by atoms with Crippen molar-refractivity contribution in [3.63, 3.8) is 0 Å². The van der Waals surface area contributed by atoms with Gasteiger partial charge in [0, 0.05) is 11.7 Å². The minimum absolute atomic E-state index is 0.126. The van der Waals surface area contributed by atoms with E-state index < -0.39 is 9.84 Å². The van der Waals surface area contributed by atoms with Gasteiger partial charge in [0.1, 0.15) is 15.7 Å². The smallest absolute Gasteiger partial charge is 0.150 e. The summed E-state index contributed by atoms with van der Waals surface area (Å²) in [4.78, 5) is 0. The molecule has 1 aromatic rings. The average Bonchev–Trinajstić information content (AvgIpc) is 2.27. The molecule has 0 radical (unpaired) electrons. The summed E-state index contributed by atoms with van der Waals surface area (Å²) in [5, 5.41) is 3.18. The third kappa shape index (κ3) is 3.19. The molecular formula is C12H16FNO2S. The molecule has 94 valence electrons. The van der Waals surface area contributed by atoms with Crippen molar-refractivity contribution < 1.29 is 12.8 Å². The summed E-state index contributed by atoms with van der Waals surface area (Å²) in [6.07, 6.45) is 1.19. The highest BCUT2D eigenvalue weighted by molar-refractivity contribution is 7.91. The third-order valence-electron chi connectivity index (χ3n) is 3.10. The standard InChI is InChI=1S/C12H16FNO2S/c1-9-2-3-11(8-12(9)13)14-10-4-6-17(15,16)7-5-10/h2-3,8,10,14H,4-7H2,1H3. The van der Waals surface area contributed by atoms with Gasteiger partial charge in [0.2, 0.25) is 0 Å². The topological polar surface area (TPSA) is 46.2 Å². The fourth-order valence-corrected chi connectivity index (χ4v) is 3.44. The SMILES string of the molecule is Cc1ccc(NC2CCS(=O)(=O)CC2)cc1F. The largest absolute Gasteiger partial charge is 0.382 e. The van der Waals surface area contributed by atoms with E-state index in [2.05, 4.69) is 5.32 Å². The van der Waals surface area contributed by atoms with Crippen LogP contribution in [0, 0.1) is 12.7 Å². The Hall–Kier alpha value is -1.10. The molecule has 2 rings (SSSR count). The van der Waals surface area contributed by atoms with Gasteiger partial charge in [-0.05, 0) is 37.5 Å². The number of hydrogen-bond acceptors (Lipinski definition) is 3. The first kappa shape index (κ1) is 12.4. The zero-order chi connectivity index (χ0) is 12.5. The van der Waals surface area contributed by atoms with E-state index in [1.54, 1.807) is 13.0 Å². The van der Waals surface area contributed by atoms with Crippen LogP contribution in [0.4, 0.5) is 10.1 Å². The molecule has 0 amide bonds. The van der Waals surface area contributed by atoms with Crippen LogP contribution in [-0.4, -0.2) is 26.0 Å². The number of hydrogen-bond donors (Lipinski definition) is 1. The first-order valence-corrected chi connectivity index (χ1v) is 7.51.